The predicted molar refractivity (Wildman–Crippen MR) is 100 cm³/mol. The van der Waals surface area contributed by atoms with E-state index in [0.29, 0.717) is 42.5 Å². The Balaban J connectivity index is 1.54. The Morgan fingerprint density at radius 3 is 2.30 bits per heavy atom. The SMILES string of the molecule is CC(Oc1cccc(F)c1)C(=O)N1CCN(C(=O)c2ccc(Cl)cc2)CC1. The summed E-state index contributed by atoms with van der Waals surface area (Å²) >= 11 is 5.85. The van der Waals surface area contributed by atoms with Gasteiger partial charge in [-0.05, 0) is 43.3 Å². The fourth-order valence-corrected chi connectivity index (χ4v) is 3.08. The number of hydrogen-bond acceptors (Lipinski definition) is 3. The van der Waals surface area contributed by atoms with Gasteiger partial charge in [-0.3, -0.25) is 9.59 Å². The first kappa shape index (κ1) is 19.2. The highest BCUT2D eigenvalue weighted by Gasteiger charge is 2.28. The summed E-state index contributed by atoms with van der Waals surface area (Å²) in [4.78, 5) is 28.4. The third kappa shape index (κ3) is 4.77. The average Bonchev–Trinajstić information content (AvgIpc) is 2.67. The van der Waals surface area contributed by atoms with Gasteiger partial charge in [0.05, 0.1) is 0 Å². The van der Waals surface area contributed by atoms with Gasteiger partial charge >= 0.3 is 0 Å². The molecule has 2 aromatic carbocycles. The molecule has 1 heterocycles. The van der Waals surface area contributed by atoms with Crippen LogP contribution in [0.1, 0.15) is 17.3 Å². The Kier molecular flexibility index (Phi) is 5.96. The number of nitrogens with zero attached hydrogens (tertiary/aromatic N) is 2. The summed E-state index contributed by atoms with van der Waals surface area (Å²) in [6.07, 6.45) is -0.731. The van der Waals surface area contributed by atoms with E-state index in [1.54, 1.807) is 47.1 Å². The van der Waals surface area contributed by atoms with Crippen molar-refractivity contribution < 1.29 is 18.7 Å². The Bertz CT molecular complexity index is 820. The smallest absolute Gasteiger partial charge is 0.263 e. The van der Waals surface area contributed by atoms with Gasteiger partial charge in [0, 0.05) is 42.8 Å². The Labute approximate surface area is 162 Å². The van der Waals surface area contributed by atoms with Gasteiger partial charge in [-0.2, -0.15) is 0 Å². The van der Waals surface area contributed by atoms with Crippen molar-refractivity contribution in [2.75, 3.05) is 26.2 Å². The van der Waals surface area contributed by atoms with E-state index in [4.69, 9.17) is 16.3 Å². The first-order valence-corrected chi connectivity index (χ1v) is 9.07. The molecule has 1 unspecified atom stereocenters. The predicted octanol–water partition coefficient (Wildman–Crippen LogP) is 3.23. The number of carbonyl (C=O) groups is 2. The van der Waals surface area contributed by atoms with Crippen LogP contribution in [0, 0.1) is 5.82 Å². The van der Waals surface area contributed by atoms with Crippen molar-refractivity contribution in [1.82, 2.24) is 9.80 Å². The molecule has 2 amide bonds. The van der Waals surface area contributed by atoms with E-state index in [9.17, 15) is 14.0 Å². The van der Waals surface area contributed by atoms with Gasteiger partial charge in [0.1, 0.15) is 11.6 Å². The minimum Gasteiger partial charge on any atom is -0.481 e. The van der Waals surface area contributed by atoms with Crippen LogP contribution in [0.25, 0.3) is 0 Å². The quantitative estimate of drug-likeness (QED) is 0.805. The van der Waals surface area contributed by atoms with Crippen molar-refractivity contribution in [3.05, 3.63) is 64.9 Å². The standard InChI is InChI=1S/C20H20ClFN2O3/c1-14(27-18-4-2-3-17(22)13-18)19(25)23-9-11-24(12-10-23)20(26)15-5-7-16(21)8-6-15/h2-8,13-14H,9-12H2,1H3. The van der Waals surface area contributed by atoms with Gasteiger partial charge in [-0.25, -0.2) is 4.39 Å². The average molecular weight is 391 g/mol. The maximum absolute atomic E-state index is 13.2. The second-order valence-electron chi connectivity index (χ2n) is 6.34. The largest absolute Gasteiger partial charge is 0.481 e. The summed E-state index contributed by atoms with van der Waals surface area (Å²) in [7, 11) is 0. The van der Waals surface area contributed by atoms with Crippen molar-refractivity contribution in [2.45, 2.75) is 13.0 Å². The molecule has 3 rings (SSSR count). The molecule has 1 aliphatic heterocycles. The van der Waals surface area contributed by atoms with Crippen LogP contribution in [-0.2, 0) is 4.79 Å². The van der Waals surface area contributed by atoms with E-state index in [1.165, 1.54) is 18.2 Å². The molecule has 7 heteroatoms. The van der Waals surface area contributed by atoms with Gasteiger partial charge in [0.25, 0.3) is 11.8 Å². The van der Waals surface area contributed by atoms with E-state index >= 15 is 0 Å². The molecule has 5 nitrogen and oxygen atoms in total. The molecule has 0 spiro atoms. The molecule has 0 radical (unpaired) electrons. The third-order valence-electron chi connectivity index (χ3n) is 4.43. The lowest BCUT2D eigenvalue weighted by Crippen LogP contribution is -2.53. The van der Waals surface area contributed by atoms with Crippen LogP contribution in [-0.4, -0.2) is 53.9 Å². The van der Waals surface area contributed by atoms with E-state index in [1.807, 2.05) is 0 Å². The summed E-state index contributed by atoms with van der Waals surface area (Å²) in [5.41, 5.74) is 0.571. The number of rotatable bonds is 4. The highest BCUT2D eigenvalue weighted by Crippen LogP contribution is 2.16. The van der Waals surface area contributed by atoms with Gasteiger partial charge in [0.2, 0.25) is 0 Å². The van der Waals surface area contributed by atoms with E-state index in [0.717, 1.165) is 0 Å². The summed E-state index contributed by atoms with van der Waals surface area (Å²) in [5, 5.41) is 0.578. The monoisotopic (exact) mass is 390 g/mol. The fraction of sp³-hybridized carbons (Fsp3) is 0.300. The van der Waals surface area contributed by atoms with Crippen LogP contribution in [0.2, 0.25) is 5.02 Å². The highest BCUT2D eigenvalue weighted by atomic mass is 35.5. The number of carbonyl (C=O) groups excluding carboxylic acids is 2. The zero-order valence-corrected chi connectivity index (χ0v) is 15.7. The molecule has 1 atom stereocenters. The summed E-state index contributed by atoms with van der Waals surface area (Å²) in [6, 6.07) is 12.4. The molecule has 142 valence electrons. The third-order valence-corrected chi connectivity index (χ3v) is 4.68. The van der Waals surface area contributed by atoms with Crippen LogP contribution in [0.4, 0.5) is 4.39 Å². The van der Waals surface area contributed by atoms with E-state index < -0.39 is 11.9 Å². The first-order chi connectivity index (χ1) is 12.9. The Morgan fingerprint density at radius 2 is 1.67 bits per heavy atom. The highest BCUT2D eigenvalue weighted by molar-refractivity contribution is 6.30. The summed E-state index contributed by atoms with van der Waals surface area (Å²) in [6.45, 7) is 3.38. The van der Waals surface area contributed by atoms with Crippen LogP contribution in [0.3, 0.4) is 0 Å². The zero-order valence-electron chi connectivity index (χ0n) is 14.9. The molecule has 0 aromatic heterocycles. The number of halogens is 2. The van der Waals surface area contributed by atoms with Crippen molar-refractivity contribution in [2.24, 2.45) is 0 Å². The molecule has 0 N–H and O–H groups in total. The van der Waals surface area contributed by atoms with Crippen LogP contribution in [0.15, 0.2) is 48.5 Å². The molecule has 1 fully saturated rings. The van der Waals surface area contributed by atoms with Gasteiger partial charge in [0.15, 0.2) is 6.10 Å². The van der Waals surface area contributed by atoms with Crippen molar-refractivity contribution >= 4 is 23.4 Å². The summed E-state index contributed by atoms with van der Waals surface area (Å²) < 4.78 is 18.8. The fourth-order valence-electron chi connectivity index (χ4n) is 2.96. The van der Waals surface area contributed by atoms with Crippen molar-refractivity contribution in [3.8, 4) is 5.75 Å². The van der Waals surface area contributed by atoms with E-state index in [2.05, 4.69) is 0 Å². The Morgan fingerprint density at radius 1 is 1.04 bits per heavy atom. The maximum Gasteiger partial charge on any atom is 0.263 e. The molecule has 0 saturated carbocycles. The lowest BCUT2D eigenvalue weighted by molar-refractivity contribution is -0.139. The molecule has 1 saturated heterocycles. The molecule has 27 heavy (non-hydrogen) atoms. The summed E-state index contributed by atoms with van der Waals surface area (Å²) in [5.74, 6) is -0.366. The molecule has 0 bridgehead atoms. The minimum absolute atomic E-state index is 0.0807. The van der Waals surface area contributed by atoms with Gasteiger partial charge in [-0.15, -0.1) is 0 Å². The molecule has 0 aliphatic carbocycles. The number of ether oxygens (including phenoxy) is 1. The number of amides is 2. The normalized spacial score (nSPS) is 15.4. The molecular formula is C20H20ClFN2O3. The van der Waals surface area contributed by atoms with Crippen LogP contribution in [0.5, 0.6) is 5.75 Å². The van der Waals surface area contributed by atoms with Gasteiger partial charge < -0.3 is 14.5 Å². The number of hydrogen-bond donors (Lipinski definition) is 0. The zero-order chi connectivity index (χ0) is 19.4. The molecule has 1 aliphatic rings. The van der Waals surface area contributed by atoms with E-state index in [-0.39, 0.29) is 11.8 Å². The molecular weight excluding hydrogens is 371 g/mol. The second kappa shape index (κ2) is 8.39. The lowest BCUT2D eigenvalue weighted by atomic mass is 10.1. The molecule has 2 aromatic rings. The number of benzene rings is 2. The van der Waals surface area contributed by atoms with Crippen LogP contribution >= 0.6 is 11.6 Å². The lowest BCUT2D eigenvalue weighted by Gasteiger charge is -2.36. The van der Waals surface area contributed by atoms with Crippen LogP contribution < -0.4 is 4.74 Å². The number of piperazine rings is 1. The Hall–Kier alpha value is -2.60. The van der Waals surface area contributed by atoms with Crippen molar-refractivity contribution in [3.63, 3.8) is 0 Å². The van der Waals surface area contributed by atoms with Crippen molar-refractivity contribution in [1.29, 1.82) is 0 Å². The topological polar surface area (TPSA) is 49.9 Å². The maximum atomic E-state index is 13.2. The minimum atomic E-state index is -0.731. The van der Waals surface area contributed by atoms with Gasteiger partial charge in [-0.1, -0.05) is 17.7 Å². The second-order valence-corrected chi connectivity index (χ2v) is 6.78. The first-order valence-electron chi connectivity index (χ1n) is 8.70.